The van der Waals surface area contributed by atoms with Crippen LogP contribution in [-0.2, 0) is 4.74 Å². The number of carbonyl (C=O) groups excluding carboxylic acids is 1. The highest BCUT2D eigenvalue weighted by Gasteiger charge is 2.13. The smallest absolute Gasteiger partial charge is 0.374 e. The highest BCUT2D eigenvalue weighted by atomic mass is 16.5. The SMILES string of the molecule is CC#CCOc1ccc2cc(C(=O)OCC)oc2c1. The second kappa shape index (κ2) is 5.96. The van der Waals surface area contributed by atoms with E-state index in [2.05, 4.69) is 11.8 Å². The van der Waals surface area contributed by atoms with Crippen LogP contribution < -0.4 is 4.74 Å². The van der Waals surface area contributed by atoms with Crippen LogP contribution in [0, 0.1) is 11.8 Å². The molecule has 4 nitrogen and oxygen atoms in total. The van der Waals surface area contributed by atoms with Crippen molar-refractivity contribution in [2.24, 2.45) is 0 Å². The summed E-state index contributed by atoms with van der Waals surface area (Å²) >= 11 is 0. The number of hydrogen-bond acceptors (Lipinski definition) is 4. The molecule has 4 heteroatoms. The molecule has 1 aromatic carbocycles. The van der Waals surface area contributed by atoms with E-state index in [1.165, 1.54) is 0 Å². The maximum atomic E-state index is 11.5. The summed E-state index contributed by atoms with van der Waals surface area (Å²) in [4.78, 5) is 11.5. The van der Waals surface area contributed by atoms with Crippen LogP contribution >= 0.6 is 0 Å². The van der Waals surface area contributed by atoms with E-state index in [0.717, 1.165) is 5.39 Å². The number of esters is 1. The molecular formula is C15H14O4. The molecule has 0 atom stereocenters. The van der Waals surface area contributed by atoms with Crippen molar-refractivity contribution < 1.29 is 18.7 Å². The molecule has 0 radical (unpaired) electrons. The number of benzene rings is 1. The van der Waals surface area contributed by atoms with Gasteiger partial charge in [-0.05, 0) is 32.0 Å². The molecule has 0 saturated heterocycles. The average molecular weight is 258 g/mol. The summed E-state index contributed by atoms with van der Waals surface area (Å²) in [6, 6.07) is 7.03. The number of ether oxygens (including phenoxy) is 2. The van der Waals surface area contributed by atoms with E-state index in [1.54, 1.807) is 26.0 Å². The Bertz CT molecular complexity index is 643. The Morgan fingerprint density at radius 1 is 1.37 bits per heavy atom. The Morgan fingerprint density at radius 3 is 2.95 bits per heavy atom. The van der Waals surface area contributed by atoms with Crippen molar-refractivity contribution in [3.05, 3.63) is 30.0 Å². The molecule has 0 aliphatic carbocycles. The first kappa shape index (κ1) is 13.0. The molecule has 2 rings (SSSR count). The molecule has 2 aromatic rings. The molecular weight excluding hydrogens is 244 g/mol. The summed E-state index contributed by atoms with van der Waals surface area (Å²) in [5, 5.41) is 0.831. The molecule has 0 unspecified atom stereocenters. The van der Waals surface area contributed by atoms with Crippen molar-refractivity contribution in [2.75, 3.05) is 13.2 Å². The van der Waals surface area contributed by atoms with Crippen LogP contribution in [-0.4, -0.2) is 19.2 Å². The predicted molar refractivity (Wildman–Crippen MR) is 71.1 cm³/mol. The Kier molecular flexibility index (Phi) is 4.09. The third kappa shape index (κ3) is 3.08. The van der Waals surface area contributed by atoms with E-state index in [9.17, 15) is 4.79 Å². The molecule has 0 N–H and O–H groups in total. The minimum atomic E-state index is -0.460. The molecule has 0 spiro atoms. The van der Waals surface area contributed by atoms with Crippen LogP contribution in [0.2, 0.25) is 0 Å². The summed E-state index contributed by atoms with van der Waals surface area (Å²) in [6.45, 7) is 4.15. The largest absolute Gasteiger partial charge is 0.481 e. The maximum Gasteiger partial charge on any atom is 0.374 e. The van der Waals surface area contributed by atoms with Crippen molar-refractivity contribution in [1.82, 2.24) is 0 Å². The van der Waals surface area contributed by atoms with E-state index >= 15 is 0 Å². The summed E-state index contributed by atoms with van der Waals surface area (Å²) in [5.41, 5.74) is 0.588. The van der Waals surface area contributed by atoms with Gasteiger partial charge < -0.3 is 13.9 Å². The van der Waals surface area contributed by atoms with Crippen molar-refractivity contribution in [3.8, 4) is 17.6 Å². The van der Waals surface area contributed by atoms with E-state index in [4.69, 9.17) is 13.9 Å². The lowest BCUT2D eigenvalue weighted by Crippen LogP contribution is -2.02. The fourth-order valence-corrected chi connectivity index (χ4v) is 1.60. The third-order valence-electron chi connectivity index (χ3n) is 2.46. The second-order valence-corrected chi connectivity index (χ2v) is 3.75. The zero-order chi connectivity index (χ0) is 13.7. The number of fused-ring (bicyclic) bond motifs is 1. The average Bonchev–Trinajstić information content (AvgIpc) is 2.82. The topological polar surface area (TPSA) is 48.7 Å². The van der Waals surface area contributed by atoms with Gasteiger partial charge in [-0.3, -0.25) is 0 Å². The van der Waals surface area contributed by atoms with Crippen LogP contribution in [0.15, 0.2) is 28.7 Å². The summed E-state index contributed by atoms with van der Waals surface area (Å²) in [6.07, 6.45) is 0. The Balaban J connectivity index is 2.22. The van der Waals surface area contributed by atoms with Crippen LogP contribution in [0.4, 0.5) is 0 Å². The first-order chi connectivity index (χ1) is 9.24. The van der Waals surface area contributed by atoms with Crippen molar-refractivity contribution in [2.45, 2.75) is 13.8 Å². The second-order valence-electron chi connectivity index (χ2n) is 3.75. The Morgan fingerprint density at radius 2 is 2.21 bits per heavy atom. The lowest BCUT2D eigenvalue weighted by Gasteiger charge is -2.00. The van der Waals surface area contributed by atoms with Crippen LogP contribution in [0.5, 0.6) is 5.75 Å². The number of rotatable bonds is 4. The van der Waals surface area contributed by atoms with Gasteiger partial charge in [0.1, 0.15) is 17.9 Å². The van der Waals surface area contributed by atoms with E-state index in [0.29, 0.717) is 24.5 Å². The number of carbonyl (C=O) groups is 1. The normalized spacial score (nSPS) is 9.79. The van der Waals surface area contributed by atoms with E-state index in [-0.39, 0.29) is 5.76 Å². The van der Waals surface area contributed by atoms with Crippen LogP contribution in [0.25, 0.3) is 11.0 Å². The van der Waals surface area contributed by atoms with Crippen molar-refractivity contribution >= 4 is 16.9 Å². The molecule has 1 aromatic heterocycles. The highest BCUT2D eigenvalue weighted by Crippen LogP contribution is 2.24. The minimum Gasteiger partial charge on any atom is -0.481 e. The van der Waals surface area contributed by atoms with Gasteiger partial charge in [-0.15, -0.1) is 5.92 Å². The molecule has 0 fully saturated rings. The molecule has 1 heterocycles. The fraction of sp³-hybridized carbons (Fsp3) is 0.267. The fourth-order valence-electron chi connectivity index (χ4n) is 1.60. The van der Waals surface area contributed by atoms with Crippen LogP contribution in [0.3, 0.4) is 0 Å². The van der Waals surface area contributed by atoms with Gasteiger partial charge in [-0.1, -0.05) is 5.92 Å². The molecule has 98 valence electrons. The summed E-state index contributed by atoms with van der Waals surface area (Å²) < 4.78 is 15.7. The molecule has 0 aliphatic heterocycles. The van der Waals surface area contributed by atoms with E-state index in [1.807, 2.05) is 12.1 Å². The number of hydrogen-bond donors (Lipinski definition) is 0. The van der Waals surface area contributed by atoms with Gasteiger partial charge in [0.15, 0.2) is 0 Å². The van der Waals surface area contributed by atoms with Gasteiger partial charge >= 0.3 is 5.97 Å². The van der Waals surface area contributed by atoms with Crippen LogP contribution in [0.1, 0.15) is 24.4 Å². The molecule has 0 amide bonds. The zero-order valence-electron chi connectivity index (χ0n) is 10.9. The monoisotopic (exact) mass is 258 g/mol. The quantitative estimate of drug-likeness (QED) is 0.624. The standard InChI is InChI=1S/C15H14O4/c1-3-5-8-18-12-7-6-11-9-14(15(16)17-4-2)19-13(11)10-12/h6-7,9-10H,4,8H2,1-2H3. The Labute approximate surface area is 111 Å². The first-order valence-electron chi connectivity index (χ1n) is 5.97. The van der Waals surface area contributed by atoms with Gasteiger partial charge in [-0.25, -0.2) is 4.79 Å². The zero-order valence-corrected chi connectivity index (χ0v) is 10.9. The van der Waals surface area contributed by atoms with E-state index < -0.39 is 5.97 Å². The maximum absolute atomic E-state index is 11.5. The van der Waals surface area contributed by atoms with Gasteiger partial charge in [-0.2, -0.15) is 0 Å². The lowest BCUT2D eigenvalue weighted by atomic mass is 10.2. The molecule has 19 heavy (non-hydrogen) atoms. The van der Waals surface area contributed by atoms with Crippen molar-refractivity contribution in [3.63, 3.8) is 0 Å². The highest BCUT2D eigenvalue weighted by molar-refractivity contribution is 5.92. The molecule has 0 bridgehead atoms. The number of furan rings is 1. The van der Waals surface area contributed by atoms with Gasteiger partial charge in [0, 0.05) is 11.5 Å². The lowest BCUT2D eigenvalue weighted by molar-refractivity contribution is 0.0492. The molecule has 0 saturated carbocycles. The van der Waals surface area contributed by atoms with Gasteiger partial charge in [0.2, 0.25) is 5.76 Å². The van der Waals surface area contributed by atoms with Gasteiger partial charge in [0.25, 0.3) is 0 Å². The summed E-state index contributed by atoms with van der Waals surface area (Å²) in [7, 11) is 0. The van der Waals surface area contributed by atoms with Crippen molar-refractivity contribution in [1.29, 1.82) is 0 Å². The molecule has 0 aliphatic rings. The predicted octanol–water partition coefficient (Wildman–Crippen LogP) is 3.01. The van der Waals surface area contributed by atoms with Gasteiger partial charge in [0.05, 0.1) is 6.61 Å². The first-order valence-corrected chi connectivity index (χ1v) is 5.97. The third-order valence-corrected chi connectivity index (χ3v) is 2.46. The Hall–Kier alpha value is -2.41. The minimum absolute atomic E-state index is 0.197. The summed E-state index contributed by atoms with van der Waals surface area (Å²) in [5.74, 6) is 5.95.